The van der Waals surface area contributed by atoms with Crippen molar-refractivity contribution in [1.82, 2.24) is 5.32 Å². The molecule has 0 fully saturated rings. The molecule has 0 saturated carbocycles. The number of rotatable bonds is 3. The van der Waals surface area contributed by atoms with Crippen molar-refractivity contribution in [3.8, 4) is 0 Å². The van der Waals surface area contributed by atoms with Crippen LogP contribution in [0.2, 0.25) is 0 Å². The van der Waals surface area contributed by atoms with Gasteiger partial charge < -0.3 is 5.32 Å². The molecule has 2 heteroatoms. The summed E-state index contributed by atoms with van der Waals surface area (Å²) in [5.74, 6) is 0. The quantitative estimate of drug-likeness (QED) is 0.668. The lowest BCUT2D eigenvalue weighted by atomic mass is 10.1. The minimum atomic E-state index is 0.920. The maximum absolute atomic E-state index is 3.94. The van der Waals surface area contributed by atoms with Gasteiger partial charge in [0.2, 0.25) is 0 Å². The molecule has 2 nitrogen and oxygen atoms in total. The molecule has 0 heterocycles. The van der Waals surface area contributed by atoms with Crippen LogP contribution in [0.5, 0.6) is 0 Å². The summed E-state index contributed by atoms with van der Waals surface area (Å²) in [6.45, 7) is 0.920. The van der Waals surface area contributed by atoms with Crippen LogP contribution in [0.15, 0.2) is 29.3 Å². The Kier molecular flexibility index (Phi) is 3.48. The van der Waals surface area contributed by atoms with Crippen molar-refractivity contribution in [2.24, 2.45) is 4.99 Å². The first-order valence-corrected chi connectivity index (χ1v) is 4.02. The van der Waals surface area contributed by atoms with Crippen molar-refractivity contribution in [2.75, 3.05) is 14.1 Å². The standard InChI is InChI=1S/C10H14N2/c1-11-7-9-3-5-10(6-4-9)8-12-2/h3-7,12H,8H2,1-2H3. The minimum Gasteiger partial charge on any atom is -0.316 e. The number of hydrogen-bond acceptors (Lipinski definition) is 2. The molecule has 1 rings (SSSR count). The van der Waals surface area contributed by atoms with Gasteiger partial charge in [0.25, 0.3) is 0 Å². The summed E-state index contributed by atoms with van der Waals surface area (Å²) in [5, 5.41) is 3.10. The average molecular weight is 162 g/mol. The molecular weight excluding hydrogens is 148 g/mol. The first-order chi connectivity index (χ1) is 5.86. The highest BCUT2D eigenvalue weighted by Crippen LogP contribution is 2.01. The fourth-order valence-electron chi connectivity index (χ4n) is 1.07. The molecule has 1 aromatic rings. The molecule has 0 aromatic heterocycles. The summed E-state index contributed by atoms with van der Waals surface area (Å²) in [4.78, 5) is 3.94. The summed E-state index contributed by atoms with van der Waals surface area (Å²) in [7, 11) is 3.73. The van der Waals surface area contributed by atoms with Crippen LogP contribution in [-0.4, -0.2) is 20.3 Å². The Hall–Kier alpha value is -1.15. The Bertz CT molecular complexity index is 249. The van der Waals surface area contributed by atoms with Gasteiger partial charge in [-0.25, -0.2) is 0 Å². The molecule has 0 aliphatic carbocycles. The third kappa shape index (κ3) is 2.47. The van der Waals surface area contributed by atoms with Gasteiger partial charge in [0.15, 0.2) is 0 Å². The van der Waals surface area contributed by atoms with Crippen LogP contribution in [-0.2, 0) is 6.54 Å². The van der Waals surface area contributed by atoms with Crippen LogP contribution in [0.4, 0.5) is 0 Å². The van der Waals surface area contributed by atoms with Gasteiger partial charge in [0.05, 0.1) is 0 Å². The highest BCUT2D eigenvalue weighted by Gasteiger charge is 1.89. The van der Waals surface area contributed by atoms with E-state index in [1.807, 2.05) is 13.3 Å². The molecular formula is C10H14N2. The van der Waals surface area contributed by atoms with Crippen molar-refractivity contribution < 1.29 is 0 Å². The van der Waals surface area contributed by atoms with Crippen molar-refractivity contribution in [3.05, 3.63) is 35.4 Å². The minimum absolute atomic E-state index is 0.920. The molecule has 12 heavy (non-hydrogen) atoms. The van der Waals surface area contributed by atoms with Crippen LogP contribution < -0.4 is 5.32 Å². The summed E-state index contributed by atoms with van der Waals surface area (Å²) >= 11 is 0. The predicted molar refractivity (Wildman–Crippen MR) is 52.7 cm³/mol. The molecule has 1 aromatic carbocycles. The normalized spacial score (nSPS) is 10.8. The lowest BCUT2D eigenvalue weighted by Crippen LogP contribution is -2.04. The van der Waals surface area contributed by atoms with E-state index < -0.39 is 0 Å². The van der Waals surface area contributed by atoms with E-state index in [9.17, 15) is 0 Å². The van der Waals surface area contributed by atoms with Crippen LogP contribution in [0.3, 0.4) is 0 Å². The highest BCUT2D eigenvalue weighted by atomic mass is 14.8. The summed E-state index contributed by atoms with van der Waals surface area (Å²) < 4.78 is 0. The molecule has 0 amide bonds. The lowest BCUT2D eigenvalue weighted by Gasteiger charge is -1.99. The van der Waals surface area contributed by atoms with E-state index in [0.29, 0.717) is 0 Å². The molecule has 64 valence electrons. The molecule has 0 unspecified atom stereocenters. The maximum Gasteiger partial charge on any atom is 0.0281 e. The third-order valence-electron chi connectivity index (χ3n) is 1.64. The largest absolute Gasteiger partial charge is 0.316 e. The predicted octanol–water partition coefficient (Wildman–Crippen LogP) is 1.45. The third-order valence-corrected chi connectivity index (χ3v) is 1.64. The summed E-state index contributed by atoms with van der Waals surface area (Å²) in [5.41, 5.74) is 2.45. The highest BCUT2D eigenvalue weighted by molar-refractivity contribution is 5.79. The molecule has 0 radical (unpaired) electrons. The van der Waals surface area contributed by atoms with E-state index in [0.717, 1.165) is 12.1 Å². The molecule has 0 saturated heterocycles. The smallest absolute Gasteiger partial charge is 0.0281 e. The monoisotopic (exact) mass is 162 g/mol. The summed E-state index contributed by atoms with van der Waals surface area (Å²) in [6, 6.07) is 8.35. The second-order valence-corrected chi connectivity index (χ2v) is 2.66. The zero-order chi connectivity index (χ0) is 8.81. The van der Waals surface area contributed by atoms with Gasteiger partial charge in [-0.2, -0.15) is 0 Å². The van der Waals surface area contributed by atoms with Crippen LogP contribution in [0.25, 0.3) is 0 Å². The second kappa shape index (κ2) is 4.67. The Morgan fingerprint density at radius 3 is 2.50 bits per heavy atom. The maximum atomic E-state index is 3.94. The Morgan fingerprint density at radius 1 is 1.33 bits per heavy atom. The SMILES string of the molecule is CN=Cc1ccc(CNC)cc1. The number of hydrogen-bond donors (Lipinski definition) is 1. The van der Waals surface area contributed by atoms with Gasteiger partial charge >= 0.3 is 0 Å². The van der Waals surface area contributed by atoms with Crippen molar-refractivity contribution >= 4 is 6.21 Å². The molecule has 0 aliphatic rings. The van der Waals surface area contributed by atoms with Crippen LogP contribution >= 0.6 is 0 Å². The molecule has 0 atom stereocenters. The van der Waals surface area contributed by atoms with E-state index in [-0.39, 0.29) is 0 Å². The van der Waals surface area contributed by atoms with Gasteiger partial charge in [-0.3, -0.25) is 4.99 Å². The van der Waals surface area contributed by atoms with E-state index in [1.54, 1.807) is 7.05 Å². The fourth-order valence-corrected chi connectivity index (χ4v) is 1.07. The van der Waals surface area contributed by atoms with E-state index in [2.05, 4.69) is 34.6 Å². The van der Waals surface area contributed by atoms with Gasteiger partial charge in [-0.15, -0.1) is 0 Å². The zero-order valence-corrected chi connectivity index (χ0v) is 7.54. The van der Waals surface area contributed by atoms with Gasteiger partial charge in [-0.05, 0) is 18.2 Å². The topological polar surface area (TPSA) is 24.4 Å². The first kappa shape index (κ1) is 8.94. The van der Waals surface area contributed by atoms with E-state index >= 15 is 0 Å². The lowest BCUT2D eigenvalue weighted by molar-refractivity contribution is 0.818. The number of aliphatic imine (C=N–C) groups is 1. The number of nitrogens with zero attached hydrogens (tertiary/aromatic N) is 1. The molecule has 1 N–H and O–H groups in total. The Labute approximate surface area is 73.3 Å². The zero-order valence-electron chi connectivity index (χ0n) is 7.54. The van der Waals surface area contributed by atoms with Crippen molar-refractivity contribution in [2.45, 2.75) is 6.54 Å². The van der Waals surface area contributed by atoms with Crippen molar-refractivity contribution in [1.29, 1.82) is 0 Å². The first-order valence-electron chi connectivity index (χ1n) is 4.02. The Morgan fingerprint density at radius 2 is 2.00 bits per heavy atom. The van der Waals surface area contributed by atoms with Gasteiger partial charge in [0.1, 0.15) is 0 Å². The van der Waals surface area contributed by atoms with Gasteiger partial charge in [-0.1, -0.05) is 24.3 Å². The second-order valence-electron chi connectivity index (χ2n) is 2.66. The van der Waals surface area contributed by atoms with Crippen molar-refractivity contribution in [3.63, 3.8) is 0 Å². The van der Waals surface area contributed by atoms with Crippen LogP contribution in [0, 0.1) is 0 Å². The van der Waals surface area contributed by atoms with E-state index in [1.165, 1.54) is 5.56 Å². The van der Waals surface area contributed by atoms with Crippen LogP contribution in [0.1, 0.15) is 11.1 Å². The Balaban J connectivity index is 2.71. The number of benzene rings is 1. The summed E-state index contributed by atoms with van der Waals surface area (Å²) in [6.07, 6.45) is 1.85. The van der Waals surface area contributed by atoms with Gasteiger partial charge in [0, 0.05) is 19.8 Å². The average Bonchev–Trinajstić information content (AvgIpc) is 2.09. The van der Waals surface area contributed by atoms with E-state index in [4.69, 9.17) is 0 Å². The number of nitrogens with one attached hydrogen (secondary N) is 1. The molecule has 0 aliphatic heterocycles. The fraction of sp³-hybridized carbons (Fsp3) is 0.300. The molecule has 0 spiro atoms. The molecule has 0 bridgehead atoms.